The molecule has 1 heterocycles. The van der Waals surface area contributed by atoms with Crippen molar-refractivity contribution < 1.29 is 13.9 Å². The standard InChI is InChI=1S/C12H12ClFO2/c13-10-2-1-9(7-11(10)14)12(15)8-3-5-16-6-4-8/h1-2,7-8H,3-6H2. The molecule has 16 heavy (non-hydrogen) atoms. The van der Waals surface area contributed by atoms with Crippen LogP contribution in [0.4, 0.5) is 4.39 Å². The lowest BCUT2D eigenvalue weighted by Gasteiger charge is -2.20. The van der Waals surface area contributed by atoms with Crippen LogP contribution in [0.25, 0.3) is 0 Å². The summed E-state index contributed by atoms with van der Waals surface area (Å²) in [6.45, 7) is 1.21. The molecule has 2 rings (SSSR count). The largest absolute Gasteiger partial charge is 0.381 e. The van der Waals surface area contributed by atoms with Gasteiger partial charge in [-0.1, -0.05) is 11.6 Å². The van der Waals surface area contributed by atoms with Crippen molar-refractivity contribution in [2.75, 3.05) is 13.2 Å². The van der Waals surface area contributed by atoms with Crippen LogP contribution in [0.1, 0.15) is 23.2 Å². The normalized spacial score (nSPS) is 17.4. The van der Waals surface area contributed by atoms with E-state index in [4.69, 9.17) is 16.3 Å². The maximum absolute atomic E-state index is 13.2. The number of rotatable bonds is 2. The van der Waals surface area contributed by atoms with Crippen LogP contribution in [0.5, 0.6) is 0 Å². The van der Waals surface area contributed by atoms with Gasteiger partial charge in [0, 0.05) is 24.7 Å². The van der Waals surface area contributed by atoms with Crippen molar-refractivity contribution in [3.05, 3.63) is 34.6 Å². The Hall–Kier alpha value is -0.930. The predicted octanol–water partition coefficient (Wildman–Crippen LogP) is 3.09. The molecule has 0 spiro atoms. The van der Waals surface area contributed by atoms with E-state index in [1.54, 1.807) is 6.07 Å². The van der Waals surface area contributed by atoms with Gasteiger partial charge < -0.3 is 4.74 Å². The van der Waals surface area contributed by atoms with E-state index in [0.29, 0.717) is 31.6 Å². The number of carbonyl (C=O) groups excluding carboxylic acids is 1. The van der Waals surface area contributed by atoms with Crippen LogP contribution < -0.4 is 0 Å². The van der Waals surface area contributed by atoms with E-state index in [2.05, 4.69) is 0 Å². The summed E-state index contributed by atoms with van der Waals surface area (Å²) in [5.41, 5.74) is 0.397. The van der Waals surface area contributed by atoms with Gasteiger partial charge in [0.1, 0.15) is 5.82 Å². The molecule has 1 aromatic carbocycles. The first-order chi connectivity index (χ1) is 7.68. The van der Waals surface area contributed by atoms with E-state index in [9.17, 15) is 9.18 Å². The number of benzene rings is 1. The molecule has 1 aromatic rings. The van der Waals surface area contributed by atoms with Crippen LogP contribution in [0.3, 0.4) is 0 Å². The molecule has 0 atom stereocenters. The fourth-order valence-electron chi connectivity index (χ4n) is 1.84. The van der Waals surface area contributed by atoms with E-state index in [0.717, 1.165) is 0 Å². The molecule has 0 aromatic heterocycles. The summed E-state index contributed by atoms with van der Waals surface area (Å²) in [6, 6.07) is 4.20. The highest BCUT2D eigenvalue weighted by Crippen LogP contribution is 2.22. The third-order valence-electron chi connectivity index (χ3n) is 2.80. The average molecular weight is 243 g/mol. The van der Waals surface area contributed by atoms with Crippen molar-refractivity contribution in [1.82, 2.24) is 0 Å². The molecule has 0 amide bonds. The van der Waals surface area contributed by atoms with E-state index in [1.165, 1.54) is 12.1 Å². The van der Waals surface area contributed by atoms with E-state index in [1.807, 2.05) is 0 Å². The number of hydrogen-bond acceptors (Lipinski definition) is 2. The highest BCUT2D eigenvalue weighted by molar-refractivity contribution is 6.30. The number of Topliss-reactive ketones (excluding diaryl/α,β-unsaturated/α-hetero) is 1. The Labute approximate surface area is 98.4 Å². The Morgan fingerprint density at radius 2 is 2.06 bits per heavy atom. The lowest BCUT2D eigenvalue weighted by molar-refractivity contribution is 0.0544. The first kappa shape index (κ1) is 11.6. The summed E-state index contributed by atoms with van der Waals surface area (Å²) in [6.07, 6.45) is 1.42. The van der Waals surface area contributed by atoms with E-state index in [-0.39, 0.29) is 16.7 Å². The van der Waals surface area contributed by atoms with Gasteiger partial charge >= 0.3 is 0 Å². The molecule has 1 saturated heterocycles. The fourth-order valence-corrected chi connectivity index (χ4v) is 1.96. The smallest absolute Gasteiger partial charge is 0.166 e. The lowest BCUT2D eigenvalue weighted by Crippen LogP contribution is -2.23. The zero-order valence-electron chi connectivity index (χ0n) is 8.71. The van der Waals surface area contributed by atoms with Crippen molar-refractivity contribution >= 4 is 17.4 Å². The number of halogens is 2. The van der Waals surface area contributed by atoms with Crippen LogP contribution in [0.15, 0.2) is 18.2 Å². The zero-order valence-corrected chi connectivity index (χ0v) is 9.47. The van der Waals surface area contributed by atoms with Crippen molar-refractivity contribution in [1.29, 1.82) is 0 Å². The molecule has 86 valence electrons. The molecule has 0 radical (unpaired) electrons. The Morgan fingerprint density at radius 3 is 2.69 bits per heavy atom. The molecule has 0 N–H and O–H groups in total. The molecule has 0 aliphatic carbocycles. The zero-order chi connectivity index (χ0) is 11.5. The topological polar surface area (TPSA) is 26.3 Å². The quantitative estimate of drug-likeness (QED) is 0.745. The molecule has 0 saturated carbocycles. The third kappa shape index (κ3) is 2.42. The van der Waals surface area contributed by atoms with Gasteiger partial charge in [0.05, 0.1) is 5.02 Å². The van der Waals surface area contributed by atoms with Gasteiger partial charge in [-0.2, -0.15) is 0 Å². The maximum atomic E-state index is 13.2. The highest BCUT2D eigenvalue weighted by Gasteiger charge is 2.23. The van der Waals surface area contributed by atoms with Crippen molar-refractivity contribution in [2.24, 2.45) is 5.92 Å². The van der Waals surface area contributed by atoms with Crippen molar-refractivity contribution in [2.45, 2.75) is 12.8 Å². The Morgan fingerprint density at radius 1 is 1.38 bits per heavy atom. The van der Waals surface area contributed by atoms with Gasteiger partial charge in [0.2, 0.25) is 0 Å². The second-order valence-electron chi connectivity index (χ2n) is 3.88. The molecule has 1 fully saturated rings. The van der Waals surface area contributed by atoms with E-state index >= 15 is 0 Å². The third-order valence-corrected chi connectivity index (χ3v) is 3.10. The minimum atomic E-state index is -0.542. The molecule has 1 aliphatic rings. The highest BCUT2D eigenvalue weighted by atomic mass is 35.5. The first-order valence-electron chi connectivity index (χ1n) is 5.25. The number of hydrogen-bond donors (Lipinski definition) is 0. The average Bonchev–Trinajstić information content (AvgIpc) is 2.33. The van der Waals surface area contributed by atoms with Gasteiger partial charge in [0.25, 0.3) is 0 Å². The SMILES string of the molecule is O=C(c1ccc(Cl)c(F)c1)C1CCOCC1. The monoisotopic (exact) mass is 242 g/mol. The summed E-state index contributed by atoms with van der Waals surface area (Å²) in [4.78, 5) is 12.0. The Kier molecular flexibility index (Phi) is 3.56. The summed E-state index contributed by atoms with van der Waals surface area (Å²) in [5, 5.41) is 0.0449. The van der Waals surface area contributed by atoms with Gasteiger partial charge in [-0.05, 0) is 31.0 Å². The van der Waals surface area contributed by atoms with Gasteiger partial charge in [0.15, 0.2) is 5.78 Å². The predicted molar refractivity (Wildman–Crippen MR) is 59.3 cm³/mol. The van der Waals surface area contributed by atoms with Crippen molar-refractivity contribution in [3.63, 3.8) is 0 Å². The van der Waals surface area contributed by atoms with Gasteiger partial charge in [-0.3, -0.25) is 4.79 Å². The summed E-state index contributed by atoms with van der Waals surface area (Å²) >= 11 is 5.56. The molecule has 0 unspecified atom stereocenters. The molecular weight excluding hydrogens is 231 g/mol. The maximum Gasteiger partial charge on any atom is 0.166 e. The Balaban J connectivity index is 2.16. The van der Waals surface area contributed by atoms with Gasteiger partial charge in [-0.15, -0.1) is 0 Å². The number of carbonyl (C=O) groups is 1. The molecule has 1 aliphatic heterocycles. The minimum Gasteiger partial charge on any atom is -0.381 e. The molecule has 4 heteroatoms. The van der Waals surface area contributed by atoms with Crippen LogP contribution in [-0.4, -0.2) is 19.0 Å². The van der Waals surface area contributed by atoms with Crippen LogP contribution in [0.2, 0.25) is 5.02 Å². The van der Waals surface area contributed by atoms with Crippen LogP contribution >= 0.6 is 11.6 Å². The lowest BCUT2D eigenvalue weighted by atomic mass is 9.91. The Bertz CT molecular complexity index is 400. The second kappa shape index (κ2) is 4.93. The van der Waals surface area contributed by atoms with Crippen molar-refractivity contribution in [3.8, 4) is 0 Å². The molecular formula is C12H12ClFO2. The number of ketones is 1. The first-order valence-corrected chi connectivity index (χ1v) is 5.63. The summed E-state index contributed by atoms with van der Waals surface area (Å²) in [5.74, 6) is -0.604. The summed E-state index contributed by atoms with van der Waals surface area (Å²) in [7, 11) is 0. The number of ether oxygens (including phenoxy) is 1. The van der Waals surface area contributed by atoms with Crippen LogP contribution in [0, 0.1) is 11.7 Å². The molecule has 0 bridgehead atoms. The second-order valence-corrected chi connectivity index (χ2v) is 4.29. The van der Waals surface area contributed by atoms with E-state index < -0.39 is 5.82 Å². The van der Waals surface area contributed by atoms with Crippen LogP contribution in [-0.2, 0) is 4.74 Å². The molecule has 2 nitrogen and oxygen atoms in total. The summed E-state index contributed by atoms with van der Waals surface area (Å²) < 4.78 is 18.4. The minimum absolute atomic E-state index is 0.0149. The fraction of sp³-hybridized carbons (Fsp3) is 0.417. The van der Waals surface area contributed by atoms with Gasteiger partial charge in [-0.25, -0.2) is 4.39 Å².